The number of urea groups is 1. The number of rotatable bonds is 7. The number of hydrogen-bond acceptors (Lipinski definition) is 6. The largest absolute Gasteiger partial charge is 0.324 e. The van der Waals surface area contributed by atoms with Gasteiger partial charge in [-0.15, -0.1) is 0 Å². The predicted molar refractivity (Wildman–Crippen MR) is 183 cm³/mol. The molecule has 0 radical (unpaired) electrons. The van der Waals surface area contributed by atoms with Gasteiger partial charge in [-0.25, -0.2) is 9.48 Å². The predicted octanol–water partition coefficient (Wildman–Crippen LogP) is 7.34. The van der Waals surface area contributed by atoms with Crippen molar-refractivity contribution >= 4 is 34.2 Å². The number of aryl methyl sites for hydroxylation is 2. The minimum absolute atomic E-state index is 0.0696. The van der Waals surface area contributed by atoms with Gasteiger partial charge in [0.25, 0.3) is 0 Å². The maximum absolute atomic E-state index is 14.2. The summed E-state index contributed by atoms with van der Waals surface area (Å²) < 4.78 is 1.76. The summed E-state index contributed by atoms with van der Waals surface area (Å²) in [5, 5.41) is 15.0. The van der Waals surface area contributed by atoms with Gasteiger partial charge in [0, 0.05) is 46.2 Å². The first kappa shape index (κ1) is 31.1. The van der Waals surface area contributed by atoms with Crippen LogP contribution in [-0.2, 0) is 5.41 Å². The van der Waals surface area contributed by atoms with E-state index in [4.69, 9.17) is 10.1 Å². The van der Waals surface area contributed by atoms with Gasteiger partial charge in [0.2, 0.25) is 0 Å². The van der Waals surface area contributed by atoms with Crippen molar-refractivity contribution in [2.45, 2.75) is 58.8 Å². The van der Waals surface area contributed by atoms with E-state index in [0.717, 1.165) is 65.0 Å². The molecule has 6 rings (SSSR count). The fraction of sp³-hybridized carbons (Fsp3) is 0.324. The Hall–Kier alpha value is -4.89. The third-order valence-electron chi connectivity index (χ3n) is 8.73. The lowest BCUT2D eigenvalue weighted by molar-refractivity contribution is 0.0915. The third kappa shape index (κ3) is 6.70. The van der Waals surface area contributed by atoms with E-state index in [-0.39, 0.29) is 29.1 Å². The summed E-state index contributed by atoms with van der Waals surface area (Å²) in [6, 6.07) is 21.0. The highest BCUT2D eigenvalue weighted by molar-refractivity contribution is 6.04. The standard InChI is InChI=1S/C37H41N7O2/c1-23-6-12-29(13-7-23)44-33(21-32(43-44)37(3,4)5)42-36(46)41-28-10-8-25(9-11-28)34(26-14-17-38-18-15-26)35(45)30-20-27-22-39-19-16-31(27)40-24(30)2/h6-13,16,19-22,26,34,38H,14-15,17-18H2,1-5H3,(H2,41,42,46). The van der Waals surface area contributed by atoms with Crippen LogP contribution in [0.3, 0.4) is 0 Å². The number of benzene rings is 2. The lowest BCUT2D eigenvalue weighted by Gasteiger charge is -2.30. The molecule has 2 aromatic carbocycles. The molecule has 1 saturated heterocycles. The Kier molecular flexibility index (Phi) is 8.69. The fourth-order valence-electron chi connectivity index (χ4n) is 6.12. The summed E-state index contributed by atoms with van der Waals surface area (Å²) in [4.78, 5) is 36.4. The molecule has 3 aromatic heterocycles. The molecule has 1 aliphatic rings. The van der Waals surface area contributed by atoms with Gasteiger partial charge >= 0.3 is 6.03 Å². The number of carbonyl (C=O) groups excluding carboxylic acids is 2. The lowest BCUT2D eigenvalue weighted by atomic mass is 9.76. The zero-order chi connectivity index (χ0) is 32.4. The smallest absolute Gasteiger partial charge is 0.317 e. The summed E-state index contributed by atoms with van der Waals surface area (Å²) in [6.45, 7) is 12.0. The summed E-state index contributed by atoms with van der Waals surface area (Å²) in [5.41, 5.74) is 6.42. The van der Waals surface area contributed by atoms with E-state index in [1.54, 1.807) is 17.1 Å². The minimum Gasteiger partial charge on any atom is -0.317 e. The van der Waals surface area contributed by atoms with E-state index in [1.807, 2.05) is 80.6 Å². The molecule has 236 valence electrons. The molecule has 1 aliphatic heterocycles. The Balaban J connectivity index is 1.24. The average molecular weight is 616 g/mol. The number of nitrogens with zero attached hydrogens (tertiary/aromatic N) is 4. The van der Waals surface area contributed by atoms with Crippen molar-refractivity contribution in [2.24, 2.45) is 5.92 Å². The number of carbonyl (C=O) groups is 2. The van der Waals surface area contributed by atoms with E-state index in [1.165, 1.54) is 0 Å². The van der Waals surface area contributed by atoms with E-state index in [0.29, 0.717) is 17.1 Å². The molecule has 1 atom stereocenters. The van der Waals surface area contributed by atoms with Gasteiger partial charge < -0.3 is 10.6 Å². The van der Waals surface area contributed by atoms with Gasteiger partial charge in [0.05, 0.1) is 22.8 Å². The quantitative estimate of drug-likeness (QED) is 0.165. The summed E-state index contributed by atoms with van der Waals surface area (Å²) in [6.07, 6.45) is 5.28. The molecule has 3 N–H and O–H groups in total. The monoisotopic (exact) mass is 615 g/mol. The molecule has 4 heterocycles. The van der Waals surface area contributed by atoms with Crippen LogP contribution < -0.4 is 16.0 Å². The van der Waals surface area contributed by atoms with Crippen molar-refractivity contribution in [1.29, 1.82) is 0 Å². The van der Waals surface area contributed by atoms with Crippen LogP contribution in [0.15, 0.2) is 79.1 Å². The number of piperidine rings is 1. The van der Waals surface area contributed by atoms with E-state index < -0.39 is 0 Å². The molecule has 0 spiro atoms. The molecular formula is C37H41N7O2. The van der Waals surface area contributed by atoms with Crippen LogP contribution >= 0.6 is 0 Å². The molecule has 1 fully saturated rings. The maximum Gasteiger partial charge on any atom is 0.324 e. The molecule has 0 saturated carbocycles. The highest BCUT2D eigenvalue weighted by atomic mass is 16.2. The van der Waals surface area contributed by atoms with Crippen molar-refractivity contribution in [2.75, 3.05) is 23.7 Å². The lowest BCUT2D eigenvalue weighted by Crippen LogP contribution is -2.34. The molecular weight excluding hydrogens is 574 g/mol. The number of fused-ring (bicyclic) bond motifs is 1. The number of pyridine rings is 2. The van der Waals surface area contributed by atoms with Crippen LogP contribution in [0.5, 0.6) is 0 Å². The van der Waals surface area contributed by atoms with Crippen LogP contribution in [0.1, 0.15) is 72.4 Å². The first-order valence-corrected chi connectivity index (χ1v) is 15.9. The highest BCUT2D eigenvalue weighted by Crippen LogP contribution is 2.36. The van der Waals surface area contributed by atoms with Gasteiger partial charge in [0.15, 0.2) is 5.78 Å². The molecule has 9 nitrogen and oxygen atoms in total. The molecule has 1 unspecified atom stereocenters. The van der Waals surface area contributed by atoms with Crippen molar-refractivity contribution in [3.8, 4) is 5.69 Å². The number of Topliss-reactive ketones (excluding diaryl/α,β-unsaturated/α-hetero) is 1. The van der Waals surface area contributed by atoms with Crippen molar-refractivity contribution < 1.29 is 9.59 Å². The normalized spacial score (nSPS) is 14.6. The Morgan fingerprint density at radius 3 is 2.35 bits per heavy atom. The van der Waals surface area contributed by atoms with E-state index >= 15 is 0 Å². The van der Waals surface area contributed by atoms with Crippen molar-refractivity contribution in [1.82, 2.24) is 25.1 Å². The van der Waals surface area contributed by atoms with Crippen molar-refractivity contribution in [3.63, 3.8) is 0 Å². The fourth-order valence-corrected chi connectivity index (χ4v) is 6.12. The second kappa shape index (κ2) is 12.8. The van der Waals surface area contributed by atoms with Crippen LogP contribution in [0.25, 0.3) is 16.6 Å². The Morgan fingerprint density at radius 2 is 1.65 bits per heavy atom. The molecule has 0 aliphatic carbocycles. The zero-order valence-corrected chi connectivity index (χ0v) is 27.1. The molecule has 5 aromatic rings. The van der Waals surface area contributed by atoms with Gasteiger partial charge in [-0.1, -0.05) is 50.6 Å². The van der Waals surface area contributed by atoms with Crippen LogP contribution in [-0.4, -0.2) is 44.7 Å². The van der Waals surface area contributed by atoms with Gasteiger partial charge in [-0.3, -0.25) is 20.1 Å². The molecule has 46 heavy (non-hydrogen) atoms. The second-order valence-electron chi connectivity index (χ2n) is 13.2. The van der Waals surface area contributed by atoms with Crippen molar-refractivity contribution in [3.05, 3.63) is 107 Å². The SMILES string of the molecule is Cc1ccc(-n2nc(C(C)(C)C)cc2NC(=O)Nc2ccc(C(C(=O)c3cc4cnccc4nc3C)C3CCNCC3)cc2)cc1. The minimum atomic E-state index is -0.376. The molecule has 9 heteroatoms. The van der Waals surface area contributed by atoms with Gasteiger partial charge in [-0.2, -0.15) is 5.10 Å². The zero-order valence-electron chi connectivity index (χ0n) is 27.1. The highest BCUT2D eigenvalue weighted by Gasteiger charge is 2.33. The van der Waals surface area contributed by atoms with Gasteiger partial charge in [0.1, 0.15) is 5.82 Å². The summed E-state index contributed by atoms with van der Waals surface area (Å²) in [7, 11) is 0. The number of amides is 2. The van der Waals surface area contributed by atoms with E-state index in [9.17, 15) is 9.59 Å². The average Bonchev–Trinajstić information content (AvgIpc) is 3.47. The topological polar surface area (TPSA) is 114 Å². The summed E-state index contributed by atoms with van der Waals surface area (Å²) in [5.74, 6) is 0.521. The number of ketones is 1. The van der Waals surface area contributed by atoms with E-state index in [2.05, 4.69) is 41.7 Å². The Labute approximate surface area is 269 Å². The Bertz CT molecular complexity index is 1870. The van der Waals surface area contributed by atoms with Crippen LogP contribution in [0, 0.1) is 19.8 Å². The maximum atomic E-state index is 14.2. The Morgan fingerprint density at radius 1 is 0.935 bits per heavy atom. The second-order valence-corrected chi connectivity index (χ2v) is 13.2. The molecule has 2 amide bonds. The number of hydrogen-bond donors (Lipinski definition) is 3. The van der Waals surface area contributed by atoms with Crippen LogP contribution in [0.4, 0.5) is 16.3 Å². The third-order valence-corrected chi connectivity index (χ3v) is 8.73. The first-order chi connectivity index (χ1) is 22.1. The van der Waals surface area contributed by atoms with Gasteiger partial charge in [-0.05, 0) is 87.7 Å². The number of anilines is 2. The van der Waals surface area contributed by atoms with Crippen LogP contribution in [0.2, 0.25) is 0 Å². The molecule has 0 bridgehead atoms. The number of nitrogens with one attached hydrogen (secondary N) is 3. The first-order valence-electron chi connectivity index (χ1n) is 15.9. The summed E-state index contributed by atoms with van der Waals surface area (Å²) >= 11 is 0. The number of aromatic nitrogens is 4.